The third-order valence-corrected chi connectivity index (χ3v) is 8.52. The number of ether oxygens (including phenoxy) is 1. The van der Waals surface area contributed by atoms with E-state index in [-0.39, 0.29) is 16.8 Å². The number of fused-ring (bicyclic) bond motifs is 3. The smallest absolute Gasteiger partial charge is 0.397 e. The van der Waals surface area contributed by atoms with E-state index in [1.807, 2.05) is 25.1 Å². The zero-order valence-electron chi connectivity index (χ0n) is 18.7. The fourth-order valence-electron chi connectivity index (χ4n) is 6.44. The lowest BCUT2D eigenvalue weighted by atomic mass is 9.47. The van der Waals surface area contributed by atoms with E-state index in [9.17, 15) is 13.2 Å². The molecule has 8 heteroatoms. The van der Waals surface area contributed by atoms with Gasteiger partial charge in [-0.1, -0.05) is 13.0 Å². The van der Waals surface area contributed by atoms with Gasteiger partial charge in [-0.2, -0.15) is 8.42 Å². The van der Waals surface area contributed by atoms with Crippen molar-refractivity contribution in [3.63, 3.8) is 0 Å². The Kier molecular flexibility index (Phi) is 7.43. The number of carbonyl (C=O) groups is 1. The molecule has 0 unspecified atom stereocenters. The molecular formula is C23H35NO6S. The van der Waals surface area contributed by atoms with Crippen LogP contribution >= 0.6 is 0 Å². The fourth-order valence-corrected chi connectivity index (χ4v) is 6.96. The maximum atomic E-state index is 12.2. The van der Waals surface area contributed by atoms with Crippen molar-refractivity contribution in [2.75, 3.05) is 7.11 Å². The zero-order chi connectivity index (χ0) is 22.7. The normalized spacial score (nSPS) is 37.4. The van der Waals surface area contributed by atoms with Crippen LogP contribution in [0.5, 0.6) is 0 Å². The van der Waals surface area contributed by atoms with Crippen LogP contribution in [0.4, 0.5) is 0 Å². The Morgan fingerprint density at radius 2 is 1.77 bits per heavy atom. The monoisotopic (exact) mass is 453 g/mol. The molecule has 6 atom stereocenters. The van der Waals surface area contributed by atoms with E-state index in [4.69, 9.17) is 13.5 Å². The van der Waals surface area contributed by atoms with Crippen molar-refractivity contribution < 1.29 is 26.7 Å². The van der Waals surface area contributed by atoms with Crippen LogP contribution in [-0.2, 0) is 24.1 Å². The van der Waals surface area contributed by atoms with E-state index in [2.05, 4.69) is 11.9 Å². The zero-order valence-corrected chi connectivity index (χ0v) is 19.5. The summed E-state index contributed by atoms with van der Waals surface area (Å²) in [5.41, 5.74) is -0.205. The van der Waals surface area contributed by atoms with Crippen LogP contribution in [0.3, 0.4) is 0 Å². The van der Waals surface area contributed by atoms with Gasteiger partial charge in [-0.25, -0.2) is 4.18 Å². The molecule has 0 aliphatic heterocycles. The third kappa shape index (κ3) is 5.65. The van der Waals surface area contributed by atoms with Gasteiger partial charge in [0.05, 0.1) is 18.6 Å². The van der Waals surface area contributed by atoms with E-state index < -0.39 is 16.5 Å². The topological polar surface area (TPSA) is 103 Å². The van der Waals surface area contributed by atoms with Crippen molar-refractivity contribution in [2.45, 2.75) is 71.3 Å². The number of hydrogen-bond donors (Lipinski definition) is 1. The Morgan fingerprint density at radius 3 is 2.32 bits per heavy atom. The summed E-state index contributed by atoms with van der Waals surface area (Å²) in [7, 11) is -2.92. The quantitative estimate of drug-likeness (QED) is 0.533. The minimum absolute atomic E-state index is 0.0940. The SMILES string of the molecule is COC(=O)[C@@]1(C)CC[C@H]2[C@@H](CC[C@@H]3C[C@H](OS(=O)(=O)O)CC[C@@]32C)C1.c1ccncc1. The number of hydrogen-bond acceptors (Lipinski definition) is 6. The van der Waals surface area contributed by atoms with Crippen molar-refractivity contribution in [1.82, 2.24) is 4.98 Å². The summed E-state index contributed by atoms with van der Waals surface area (Å²) in [6.45, 7) is 4.36. The summed E-state index contributed by atoms with van der Waals surface area (Å²) in [4.78, 5) is 16.0. The Bertz CT molecular complexity index is 820. The first-order chi connectivity index (χ1) is 14.6. The number of aromatic nitrogens is 1. The second-order valence-corrected chi connectivity index (χ2v) is 10.9. The molecule has 0 amide bonds. The molecule has 1 aromatic rings. The highest BCUT2D eigenvalue weighted by Gasteiger charge is 2.55. The molecule has 1 heterocycles. The molecule has 4 rings (SSSR count). The molecule has 1 aromatic heterocycles. The van der Waals surface area contributed by atoms with Crippen molar-refractivity contribution in [3.8, 4) is 0 Å². The van der Waals surface area contributed by atoms with E-state index in [0.29, 0.717) is 30.6 Å². The number of methoxy groups -OCH3 is 1. The first kappa shape index (κ1) is 24.1. The van der Waals surface area contributed by atoms with Gasteiger partial charge in [-0.15, -0.1) is 0 Å². The maximum absolute atomic E-state index is 12.2. The molecule has 3 aliphatic rings. The highest BCUT2D eigenvalue weighted by atomic mass is 32.3. The molecule has 0 aromatic carbocycles. The second-order valence-electron chi connectivity index (χ2n) is 9.89. The van der Waals surface area contributed by atoms with Crippen LogP contribution in [-0.4, -0.2) is 37.1 Å². The Balaban J connectivity index is 0.000000391. The summed E-state index contributed by atoms with van der Waals surface area (Å²) < 4.78 is 40.9. The summed E-state index contributed by atoms with van der Waals surface area (Å²) >= 11 is 0. The number of esters is 1. The lowest BCUT2D eigenvalue weighted by Crippen LogP contribution is -2.52. The van der Waals surface area contributed by atoms with Gasteiger partial charge in [0.25, 0.3) is 0 Å². The van der Waals surface area contributed by atoms with E-state index in [1.54, 1.807) is 12.4 Å². The minimum atomic E-state index is -4.38. The summed E-state index contributed by atoms with van der Waals surface area (Å²) in [6.07, 6.45) is 10.2. The number of carbonyl (C=O) groups excluding carboxylic acids is 1. The number of rotatable bonds is 3. The van der Waals surface area contributed by atoms with Crippen molar-refractivity contribution in [2.24, 2.45) is 28.6 Å². The van der Waals surface area contributed by atoms with Gasteiger partial charge in [0.15, 0.2) is 0 Å². The van der Waals surface area contributed by atoms with Crippen molar-refractivity contribution >= 4 is 16.4 Å². The van der Waals surface area contributed by atoms with Gasteiger partial charge < -0.3 is 4.74 Å². The molecule has 3 saturated carbocycles. The third-order valence-electron chi connectivity index (χ3n) is 8.01. The van der Waals surface area contributed by atoms with E-state index in [1.165, 1.54) is 7.11 Å². The highest BCUT2D eigenvalue weighted by molar-refractivity contribution is 7.80. The van der Waals surface area contributed by atoms with Crippen LogP contribution < -0.4 is 0 Å². The summed E-state index contributed by atoms with van der Waals surface area (Å²) in [6, 6.07) is 5.72. The molecule has 0 saturated heterocycles. The highest BCUT2D eigenvalue weighted by Crippen LogP contribution is 2.61. The standard InChI is InChI=1S/C18H30O6S.C5H5N/c1-17(16(19)23-3)8-7-15-12(11-17)4-5-13-10-14(24-25(20,21)22)6-9-18(13,15)2;1-2-4-6-5-3-1/h12-15H,4-11H2,1-3H3,(H,20,21,22);1-5H/t12-,13+,14+,15-,17-,18-;/m0./s1. The van der Waals surface area contributed by atoms with Gasteiger partial charge in [0, 0.05) is 12.4 Å². The van der Waals surface area contributed by atoms with Crippen LogP contribution in [0, 0.1) is 28.6 Å². The van der Waals surface area contributed by atoms with E-state index >= 15 is 0 Å². The maximum Gasteiger partial charge on any atom is 0.397 e. The van der Waals surface area contributed by atoms with Gasteiger partial charge in [-0.3, -0.25) is 14.3 Å². The predicted octanol–water partition coefficient (Wildman–Crippen LogP) is 4.45. The molecule has 3 aliphatic carbocycles. The summed E-state index contributed by atoms with van der Waals surface area (Å²) in [5.74, 6) is 1.41. The molecule has 7 nitrogen and oxygen atoms in total. The molecule has 0 bridgehead atoms. The first-order valence-corrected chi connectivity index (χ1v) is 12.5. The van der Waals surface area contributed by atoms with Gasteiger partial charge in [-0.05, 0) is 93.6 Å². The molecule has 0 radical (unpaired) electrons. The van der Waals surface area contributed by atoms with Crippen LogP contribution in [0.1, 0.15) is 65.2 Å². The first-order valence-electron chi connectivity index (χ1n) is 11.2. The van der Waals surface area contributed by atoms with Gasteiger partial charge in [0.2, 0.25) is 0 Å². The molecule has 174 valence electrons. The van der Waals surface area contributed by atoms with Gasteiger partial charge >= 0.3 is 16.4 Å². The Morgan fingerprint density at radius 1 is 1.06 bits per heavy atom. The molecule has 0 spiro atoms. The Hall–Kier alpha value is -1.51. The lowest BCUT2D eigenvalue weighted by Gasteiger charge is -2.58. The van der Waals surface area contributed by atoms with Crippen LogP contribution in [0.15, 0.2) is 30.6 Å². The minimum Gasteiger partial charge on any atom is -0.469 e. The molecule has 3 fully saturated rings. The largest absolute Gasteiger partial charge is 0.469 e. The lowest BCUT2D eigenvalue weighted by molar-refractivity contribution is -0.161. The average molecular weight is 454 g/mol. The van der Waals surface area contributed by atoms with Crippen molar-refractivity contribution in [3.05, 3.63) is 30.6 Å². The Labute approximate surface area is 185 Å². The molecule has 1 N–H and O–H groups in total. The van der Waals surface area contributed by atoms with Gasteiger partial charge in [0.1, 0.15) is 0 Å². The number of nitrogens with zero attached hydrogens (tertiary/aromatic N) is 1. The second kappa shape index (κ2) is 9.55. The average Bonchev–Trinajstić information content (AvgIpc) is 2.74. The van der Waals surface area contributed by atoms with Crippen molar-refractivity contribution in [1.29, 1.82) is 0 Å². The van der Waals surface area contributed by atoms with E-state index in [0.717, 1.165) is 38.5 Å². The molecular weight excluding hydrogens is 418 g/mol. The molecule has 31 heavy (non-hydrogen) atoms. The fraction of sp³-hybridized carbons (Fsp3) is 0.739. The number of pyridine rings is 1. The van der Waals surface area contributed by atoms with Crippen LogP contribution in [0.2, 0.25) is 0 Å². The summed E-state index contributed by atoms with van der Waals surface area (Å²) in [5, 5.41) is 0. The predicted molar refractivity (Wildman–Crippen MR) is 116 cm³/mol. The van der Waals surface area contributed by atoms with Crippen LogP contribution in [0.25, 0.3) is 0 Å².